The summed E-state index contributed by atoms with van der Waals surface area (Å²) in [5.74, 6) is -1.73. The minimum atomic E-state index is -0.980. The van der Waals surface area contributed by atoms with E-state index in [1.54, 1.807) is 13.0 Å². The summed E-state index contributed by atoms with van der Waals surface area (Å²) in [4.78, 5) is 31.2. The molecule has 0 aliphatic rings. The Kier molecular flexibility index (Phi) is 9.62. The quantitative estimate of drug-likeness (QED) is 0.812. The lowest BCUT2D eigenvalue weighted by atomic mass is 10.2. The maximum absolute atomic E-state index is 11.3. The Morgan fingerprint density at radius 1 is 1.19 bits per heavy atom. The number of rotatable bonds is 5. The third-order valence-corrected chi connectivity index (χ3v) is 3.08. The van der Waals surface area contributed by atoms with Gasteiger partial charge in [-0.2, -0.15) is 0 Å². The lowest BCUT2D eigenvalue weighted by Crippen LogP contribution is -2.13. The summed E-state index contributed by atoms with van der Waals surface area (Å²) in [6.45, 7) is 3.09. The summed E-state index contributed by atoms with van der Waals surface area (Å²) >= 11 is 0.802. The van der Waals surface area contributed by atoms with Crippen LogP contribution < -0.4 is 0 Å². The van der Waals surface area contributed by atoms with Gasteiger partial charge in [0.05, 0.1) is 0 Å². The number of hydrogen-bond donors (Lipinski definition) is 2. The molecule has 21 heavy (non-hydrogen) atoms. The Bertz CT molecular complexity index is 496. The number of carbonyl (C=O) groups excluding carboxylic acids is 1. The van der Waals surface area contributed by atoms with Gasteiger partial charge in [0, 0.05) is 6.42 Å². The Morgan fingerprint density at radius 3 is 2.14 bits per heavy atom. The van der Waals surface area contributed by atoms with Crippen LogP contribution in [0.5, 0.6) is 0 Å². The summed E-state index contributed by atoms with van der Waals surface area (Å²) in [5, 5.41) is 15.4. The highest BCUT2D eigenvalue weighted by molar-refractivity contribution is 8.15. The van der Waals surface area contributed by atoms with Gasteiger partial charge in [-0.1, -0.05) is 55.1 Å². The van der Waals surface area contributed by atoms with Gasteiger partial charge < -0.3 is 10.2 Å². The first-order valence-electron chi connectivity index (χ1n) is 6.25. The van der Waals surface area contributed by atoms with E-state index in [9.17, 15) is 14.4 Å². The van der Waals surface area contributed by atoms with Crippen molar-refractivity contribution in [2.45, 2.75) is 25.5 Å². The van der Waals surface area contributed by atoms with E-state index >= 15 is 0 Å². The number of hydrogen-bond acceptors (Lipinski definition) is 4. The summed E-state index contributed by atoms with van der Waals surface area (Å²) in [7, 11) is 0. The van der Waals surface area contributed by atoms with Gasteiger partial charge in [0.1, 0.15) is 5.25 Å². The molecule has 6 heteroatoms. The van der Waals surface area contributed by atoms with Gasteiger partial charge in [0.2, 0.25) is 5.12 Å². The molecule has 0 aromatic heterocycles. The predicted molar refractivity (Wildman–Crippen MR) is 83.1 cm³/mol. The van der Waals surface area contributed by atoms with Gasteiger partial charge in [-0.3, -0.25) is 14.4 Å². The fraction of sp³-hybridized carbons (Fsp3) is 0.267. The highest BCUT2D eigenvalue weighted by atomic mass is 32.2. The van der Waals surface area contributed by atoms with Gasteiger partial charge >= 0.3 is 11.9 Å². The third-order valence-electron chi connectivity index (χ3n) is 2.15. The molecule has 0 aliphatic heterocycles. The van der Waals surface area contributed by atoms with E-state index in [4.69, 9.17) is 10.2 Å². The molecule has 0 bridgehead atoms. The first kappa shape index (κ1) is 18.9. The molecule has 0 aliphatic carbocycles. The van der Waals surface area contributed by atoms with Crippen molar-refractivity contribution in [2.75, 3.05) is 0 Å². The first-order chi connectivity index (χ1) is 9.86. The summed E-state index contributed by atoms with van der Waals surface area (Å²) in [6, 6.07) is 9.37. The summed E-state index contributed by atoms with van der Waals surface area (Å²) < 4.78 is 0. The fourth-order valence-electron chi connectivity index (χ4n) is 0.992. The lowest BCUT2D eigenvalue weighted by molar-refractivity contribution is -0.137. The average Bonchev–Trinajstić information content (AvgIpc) is 2.46. The second-order valence-electron chi connectivity index (χ2n) is 3.91. The molecule has 5 nitrogen and oxygen atoms in total. The molecule has 0 saturated carbocycles. The Balaban J connectivity index is 0.000000690. The van der Waals surface area contributed by atoms with Gasteiger partial charge in [-0.15, -0.1) is 0 Å². The van der Waals surface area contributed by atoms with E-state index in [0.717, 1.165) is 17.3 Å². The van der Waals surface area contributed by atoms with Crippen LogP contribution in [0.3, 0.4) is 0 Å². The highest BCUT2D eigenvalue weighted by Gasteiger charge is 2.14. The van der Waals surface area contributed by atoms with Crippen molar-refractivity contribution in [3.8, 4) is 0 Å². The topological polar surface area (TPSA) is 91.7 Å². The molecule has 0 heterocycles. The molecular weight excluding hydrogens is 292 g/mol. The molecule has 1 aromatic carbocycles. The van der Waals surface area contributed by atoms with E-state index in [1.807, 2.05) is 30.3 Å². The van der Waals surface area contributed by atoms with E-state index < -0.39 is 17.2 Å². The first-order valence-corrected chi connectivity index (χ1v) is 7.13. The third kappa shape index (κ3) is 10.4. The molecule has 1 rings (SSSR count). The SMILES string of the molecule is CC(SC(=O)C=Cc1ccccc1)C(=O)O.CCC(=O)O. The van der Waals surface area contributed by atoms with Crippen molar-refractivity contribution in [2.24, 2.45) is 0 Å². The average molecular weight is 310 g/mol. The molecule has 0 radical (unpaired) electrons. The predicted octanol–water partition coefficient (Wildman–Crippen LogP) is 2.91. The van der Waals surface area contributed by atoms with E-state index in [1.165, 1.54) is 13.0 Å². The lowest BCUT2D eigenvalue weighted by Gasteiger charge is -2.00. The Labute approximate surface area is 127 Å². The van der Waals surface area contributed by atoms with Crippen LogP contribution in [0, 0.1) is 0 Å². The molecular formula is C15H18O5S. The molecule has 1 unspecified atom stereocenters. The molecule has 0 amide bonds. The normalized spacial score (nSPS) is 11.3. The smallest absolute Gasteiger partial charge is 0.316 e. The van der Waals surface area contributed by atoms with Crippen LogP contribution in [0.1, 0.15) is 25.8 Å². The minimum Gasteiger partial charge on any atom is -0.481 e. The second kappa shape index (κ2) is 10.7. The molecule has 2 N–H and O–H groups in total. The van der Waals surface area contributed by atoms with Crippen LogP contribution in [0.2, 0.25) is 0 Å². The van der Waals surface area contributed by atoms with E-state index in [-0.39, 0.29) is 11.5 Å². The van der Waals surface area contributed by atoms with Gasteiger partial charge in [-0.25, -0.2) is 0 Å². The van der Waals surface area contributed by atoms with Crippen molar-refractivity contribution in [3.63, 3.8) is 0 Å². The van der Waals surface area contributed by atoms with E-state index in [2.05, 4.69) is 0 Å². The number of carboxylic acid groups (broad SMARTS) is 2. The number of carbonyl (C=O) groups is 3. The van der Waals surface area contributed by atoms with Crippen molar-refractivity contribution >= 4 is 34.9 Å². The number of carboxylic acids is 2. The minimum absolute atomic E-state index is 0.222. The highest BCUT2D eigenvalue weighted by Crippen LogP contribution is 2.13. The largest absolute Gasteiger partial charge is 0.481 e. The van der Waals surface area contributed by atoms with Crippen LogP contribution in [-0.2, 0) is 14.4 Å². The fourth-order valence-corrected chi connectivity index (χ4v) is 1.59. The van der Waals surface area contributed by atoms with Crippen molar-refractivity contribution in [1.29, 1.82) is 0 Å². The summed E-state index contributed by atoms with van der Waals surface area (Å²) in [5.41, 5.74) is 0.916. The Morgan fingerprint density at radius 2 is 1.71 bits per heavy atom. The van der Waals surface area contributed by atoms with Crippen LogP contribution in [-0.4, -0.2) is 32.5 Å². The van der Waals surface area contributed by atoms with Gasteiger partial charge in [-0.05, 0) is 18.6 Å². The second-order valence-corrected chi connectivity index (χ2v) is 5.25. The van der Waals surface area contributed by atoms with Crippen molar-refractivity contribution in [3.05, 3.63) is 42.0 Å². The zero-order chi connectivity index (χ0) is 16.3. The molecule has 0 fully saturated rings. The zero-order valence-corrected chi connectivity index (χ0v) is 12.7. The molecule has 1 aromatic rings. The van der Waals surface area contributed by atoms with Crippen molar-refractivity contribution < 1.29 is 24.6 Å². The van der Waals surface area contributed by atoms with Gasteiger partial charge in [0.25, 0.3) is 0 Å². The monoisotopic (exact) mass is 310 g/mol. The number of thioether (sulfide) groups is 1. The molecule has 0 saturated heterocycles. The van der Waals surface area contributed by atoms with E-state index in [0.29, 0.717) is 0 Å². The maximum Gasteiger partial charge on any atom is 0.316 e. The van der Waals surface area contributed by atoms with Crippen molar-refractivity contribution in [1.82, 2.24) is 0 Å². The Hall–Kier alpha value is -2.08. The number of benzene rings is 1. The maximum atomic E-state index is 11.3. The molecule has 114 valence electrons. The van der Waals surface area contributed by atoms with Crippen LogP contribution in [0.15, 0.2) is 36.4 Å². The van der Waals surface area contributed by atoms with Crippen LogP contribution in [0.4, 0.5) is 0 Å². The summed E-state index contributed by atoms with van der Waals surface area (Å²) in [6.07, 6.45) is 3.28. The van der Waals surface area contributed by atoms with Crippen LogP contribution in [0.25, 0.3) is 6.08 Å². The molecule has 0 spiro atoms. The zero-order valence-electron chi connectivity index (χ0n) is 11.9. The molecule has 1 atom stereocenters. The van der Waals surface area contributed by atoms with Gasteiger partial charge in [0.15, 0.2) is 0 Å². The standard InChI is InChI=1S/C12H12O3S.C3H6O2/c1-9(12(14)15)16-11(13)8-7-10-5-3-2-4-6-10;1-2-3(4)5/h2-9H,1H3,(H,14,15);2H2,1H3,(H,4,5). The number of aliphatic carboxylic acids is 2. The van der Waals surface area contributed by atoms with Crippen LogP contribution >= 0.6 is 11.8 Å².